The average Bonchev–Trinajstić information content (AvgIpc) is 3.28. The maximum absolute atomic E-state index is 13.1. The van der Waals surface area contributed by atoms with Gasteiger partial charge in [-0.15, -0.1) is 0 Å². The summed E-state index contributed by atoms with van der Waals surface area (Å²) in [7, 11) is 0. The molecular weight excluding hydrogens is 454 g/mol. The van der Waals surface area contributed by atoms with Crippen molar-refractivity contribution in [1.82, 2.24) is 14.7 Å². The second kappa shape index (κ2) is 12.2. The first kappa shape index (κ1) is 26.8. The van der Waals surface area contributed by atoms with E-state index >= 15 is 0 Å². The topological polar surface area (TPSA) is 88.5 Å². The Morgan fingerprint density at radius 1 is 1.00 bits per heavy atom. The van der Waals surface area contributed by atoms with Crippen LogP contribution in [0.3, 0.4) is 0 Å². The number of rotatable bonds is 10. The highest BCUT2D eigenvalue weighted by molar-refractivity contribution is 5.96. The van der Waals surface area contributed by atoms with Crippen molar-refractivity contribution in [3.63, 3.8) is 0 Å². The van der Waals surface area contributed by atoms with Gasteiger partial charge >= 0.3 is 6.03 Å². The van der Waals surface area contributed by atoms with Crippen molar-refractivity contribution in [3.05, 3.63) is 66.4 Å². The predicted octanol–water partition coefficient (Wildman–Crippen LogP) is 5.84. The molecule has 0 aliphatic carbocycles. The minimum Gasteiger partial charge on any atom is -0.494 e. The molecule has 0 unspecified atom stereocenters. The maximum atomic E-state index is 13.1. The van der Waals surface area contributed by atoms with Crippen molar-refractivity contribution < 1.29 is 14.3 Å². The number of benzene rings is 2. The lowest BCUT2D eigenvalue weighted by Crippen LogP contribution is -2.41. The Hall–Kier alpha value is -3.81. The number of aromatic nitrogens is 2. The van der Waals surface area contributed by atoms with E-state index in [1.807, 2.05) is 43.3 Å². The highest BCUT2D eigenvalue weighted by Gasteiger charge is 2.23. The van der Waals surface area contributed by atoms with Crippen LogP contribution in [0.15, 0.2) is 60.7 Å². The van der Waals surface area contributed by atoms with Gasteiger partial charge in [-0.25, -0.2) is 9.48 Å². The fourth-order valence-corrected chi connectivity index (χ4v) is 3.56. The van der Waals surface area contributed by atoms with Crippen LogP contribution in [0.5, 0.6) is 5.75 Å². The van der Waals surface area contributed by atoms with Gasteiger partial charge in [-0.2, -0.15) is 5.10 Å². The molecule has 36 heavy (non-hydrogen) atoms. The third-order valence-electron chi connectivity index (χ3n) is 5.57. The van der Waals surface area contributed by atoms with Crippen LogP contribution in [-0.4, -0.2) is 46.3 Å². The van der Waals surface area contributed by atoms with E-state index in [0.29, 0.717) is 24.7 Å². The monoisotopic (exact) mass is 491 g/mol. The molecule has 0 fully saturated rings. The van der Waals surface area contributed by atoms with Gasteiger partial charge in [-0.3, -0.25) is 4.79 Å². The molecule has 0 spiro atoms. The van der Waals surface area contributed by atoms with Gasteiger partial charge in [0.2, 0.25) is 5.91 Å². The maximum Gasteiger partial charge on any atom is 0.322 e. The van der Waals surface area contributed by atoms with E-state index in [1.54, 1.807) is 28.9 Å². The molecule has 2 N–H and O–H groups in total. The van der Waals surface area contributed by atoms with Crippen LogP contribution in [0.4, 0.5) is 16.3 Å². The molecule has 8 heteroatoms. The summed E-state index contributed by atoms with van der Waals surface area (Å²) in [5, 5.41) is 10.6. The number of urea groups is 1. The number of hydrogen-bond donors (Lipinski definition) is 2. The number of anilines is 2. The minimum absolute atomic E-state index is 0.0757. The van der Waals surface area contributed by atoms with E-state index in [9.17, 15) is 9.59 Å². The van der Waals surface area contributed by atoms with E-state index in [-0.39, 0.29) is 23.9 Å². The fraction of sp³-hybridized carbons (Fsp3) is 0.393. The summed E-state index contributed by atoms with van der Waals surface area (Å²) in [6.07, 6.45) is 1.70. The number of carbonyl (C=O) groups excluding carboxylic acids is 2. The molecule has 3 rings (SSSR count). The second-order valence-corrected chi connectivity index (χ2v) is 9.62. The van der Waals surface area contributed by atoms with Gasteiger partial charge in [-0.05, 0) is 49.7 Å². The molecule has 0 saturated heterocycles. The Balaban J connectivity index is 1.75. The van der Waals surface area contributed by atoms with E-state index in [4.69, 9.17) is 9.84 Å². The molecule has 0 saturated carbocycles. The summed E-state index contributed by atoms with van der Waals surface area (Å²) >= 11 is 0. The standard InChI is InChI=1S/C28H37N5O3/c1-6-8-18-32(27(35)29-21-14-16-23(17-15-21)36-7-2)20-26(34)30-25-19-24(28(3,4)5)31-33(25)22-12-10-9-11-13-22/h9-17,19H,6-8,18,20H2,1-5H3,(H,29,35)(H,30,34). The molecule has 0 bridgehead atoms. The highest BCUT2D eigenvalue weighted by Crippen LogP contribution is 2.26. The largest absolute Gasteiger partial charge is 0.494 e. The summed E-state index contributed by atoms with van der Waals surface area (Å²) in [5.41, 5.74) is 2.16. The Morgan fingerprint density at radius 2 is 1.69 bits per heavy atom. The SMILES string of the molecule is CCCCN(CC(=O)Nc1cc(C(C)(C)C)nn1-c1ccccc1)C(=O)Nc1ccc(OCC)cc1. The molecule has 1 heterocycles. The molecule has 0 aliphatic rings. The molecule has 0 aliphatic heterocycles. The number of hydrogen-bond acceptors (Lipinski definition) is 4. The van der Waals surface area contributed by atoms with E-state index in [2.05, 4.69) is 38.3 Å². The normalized spacial score (nSPS) is 11.1. The van der Waals surface area contributed by atoms with Crippen LogP contribution in [0.25, 0.3) is 5.69 Å². The Bertz CT molecular complexity index is 1130. The molecule has 8 nitrogen and oxygen atoms in total. The molecule has 2 aromatic carbocycles. The van der Waals surface area contributed by atoms with Crippen LogP contribution in [-0.2, 0) is 10.2 Å². The molecule has 3 aromatic rings. The molecule has 192 valence electrons. The summed E-state index contributed by atoms with van der Waals surface area (Å²) < 4.78 is 7.19. The minimum atomic E-state index is -0.324. The van der Waals surface area contributed by atoms with Crippen LogP contribution in [0.1, 0.15) is 53.2 Å². The number of carbonyl (C=O) groups is 2. The van der Waals surface area contributed by atoms with E-state index in [0.717, 1.165) is 30.0 Å². The molecular formula is C28H37N5O3. The quantitative estimate of drug-likeness (QED) is 0.373. The van der Waals surface area contributed by atoms with Crippen molar-refractivity contribution in [2.24, 2.45) is 0 Å². The number of para-hydroxylation sites is 1. The lowest BCUT2D eigenvalue weighted by Gasteiger charge is -2.22. The zero-order chi connectivity index (χ0) is 26.1. The van der Waals surface area contributed by atoms with Crippen LogP contribution >= 0.6 is 0 Å². The van der Waals surface area contributed by atoms with Crippen LogP contribution in [0, 0.1) is 0 Å². The van der Waals surface area contributed by atoms with Crippen molar-refractivity contribution in [2.75, 3.05) is 30.3 Å². The Morgan fingerprint density at radius 3 is 2.31 bits per heavy atom. The summed E-state index contributed by atoms with van der Waals surface area (Å²) in [6, 6.07) is 18.4. The number of nitrogens with one attached hydrogen (secondary N) is 2. The van der Waals surface area contributed by atoms with Gasteiger partial charge in [0.1, 0.15) is 18.1 Å². The Labute approximate surface area is 213 Å². The molecule has 0 atom stereocenters. The first-order chi connectivity index (χ1) is 17.2. The van der Waals surface area contributed by atoms with Gasteiger partial charge in [-0.1, -0.05) is 52.3 Å². The van der Waals surface area contributed by atoms with E-state index < -0.39 is 0 Å². The van der Waals surface area contributed by atoms with Gasteiger partial charge in [0.25, 0.3) is 0 Å². The smallest absolute Gasteiger partial charge is 0.322 e. The predicted molar refractivity (Wildman–Crippen MR) is 144 cm³/mol. The first-order valence-electron chi connectivity index (χ1n) is 12.5. The fourth-order valence-electron chi connectivity index (χ4n) is 3.56. The lowest BCUT2D eigenvalue weighted by molar-refractivity contribution is -0.116. The highest BCUT2D eigenvalue weighted by atomic mass is 16.5. The van der Waals surface area contributed by atoms with Gasteiger partial charge < -0.3 is 20.3 Å². The van der Waals surface area contributed by atoms with Gasteiger partial charge in [0.05, 0.1) is 18.0 Å². The second-order valence-electron chi connectivity index (χ2n) is 9.62. The molecule has 3 amide bonds. The number of nitrogens with zero attached hydrogens (tertiary/aromatic N) is 3. The number of ether oxygens (including phenoxy) is 1. The van der Waals surface area contributed by atoms with Gasteiger partial charge in [0.15, 0.2) is 0 Å². The van der Waals surface area contributed by atoms with Crippen LogP contribution < -0.4 is 15.4 Å². The number of amides is 3. The first-order valence-corrected chi connectivity index (χ1v) is 12.5. The average molecular weight is 492 g/mol. The van der Waals surface area contributed by atoms with Crippen LogP contribution in [0.2, 0.25) is 0 Å². The van der Waals surface area contributed by atoms with Crippen molar-refractivity contribution in [2.45, 2.75) is 52.9 Å². The van der Waals surface area contributed by atoms with Gasteiger partial charge in [0, 0.05) is 23.7 Å². The summed E-state index contributed by atoms with van der Waals surface area (Å²) in [4.78, 5) is 27.7. The summed E-state index contributed by atoms with van der Waals surface area (Å²) in [6.45, 7) is 11.2. The zero-order valence-electron chi connectivity index (χ0n) is 21.9. The summed E-state index contributed by atoms with van der Waals surface area (Å²) in [5.74, 6) is 1.02. The third kappa shape index (κ3) is 7.34. The zero-order valence-corrected chi connectivity index (χ0v) is 21.9. The lowest BCUT2D eigenvalue weighted by atomic mass is 9.92. The number of unbranched alkanes of at least 4 members (excludes halogenated alkanes) is 1. The third-order valence-corrected chi connectivity index (χ3v) is 5.57. The van der Waals surface area contributed by atoms with E-state index in [1.165, 1.54) is 4.90 Å². The molecule has 1 aromatic heterocycles. The van der Waals surface area contributed by atoms with Crippen molar-refractivity contribution in [3.8, 4) is 11.4 Å². The van der Waals surface area contributed by atoms with Crippen molar-refractivity contribution in [1.29, 1.82) is 0 Å². The Kier molecular flexibility index (Phi) is 9.11. The van der Waals surface area contributed by atoms with Crippen molar-refractivity contribution >= 4 is 23.4 Å². The molecule has 0 radical (unpaired) electrons.